The van der Waals surface area contributed by atoms with Gasteiger partial charge in [-0.25, -0.2) is 0 Å². The molecule has 98 valence electrons. The van der Waals surface area contributed by atoms with E-state index in [1.54, 1.807) is 0 Å². The van der Waals surface area contributed by atoms with Gasteiger partial charge in [0, 0.05) is 0 Å². The van der Waals surface area contributed by atoms with Gasteiger partial charge in [-0.1, -0.05) is 39.5 Å². The highest BCUT2D eigenvalue weighted by Crippen LogP contribution is 2.15. The summed E-state index contributed by atoms with van der Waals surface area (Å²) < 4.78 is 0. The molecule has 1 rings (SSSR count). The Bertz CT molecular complexity index is 139. The van der Waals surface area contributed by atoms with Crippen LogP contribution in [0.3, 0.4) is 0 Å². The van der Waals surface area contributed by atoms with E-state index in [1.807, 2.05) is 4.90 Å². The molecule has 0 amide bonds. The van der Waals surface area contributed by atoms with E-state index in [4.69, 9.17) is 0 Å². The van der Waals surface area contributed by atoms with Gasteiger partial charge in [-0.15, -0.1) is 0 Å². The molecule has 0 saturated carbocycles. The number of likely N-dealkylation sites (tertiary alicyclic amines) is 1. The van der Waals surface area contributed by atoms with Crippen molar-refractivity contribution in [3.8, 4) is 0 Å². The first-order valence-corrected chi connectivity index (χ1v) is 7.20. The molecule has 0 aliphatic carbocycles. The summed E-state index contributed by atoms with van der Waals surface area (Å²) in [5.41, 5.74) is 0. The van der Waals surface area contributed by atoms with Gasteiger partial charge < -0.3 is 17.3 Å². The van der Waals surface area contributed by atoms with Gasteiger partial charge in [0.1, 0.15) is 0 Å². The molecule has 1 aliphatic rings. The highest BCUT2D eigenvalue weighted by Gasteiger charge is 2.20. The largest absolute Gasteiger partial charge is 1.00 e. The molecule has 0 spiro atoms. The van der Waals surface area contributed by atoms with Crippen LogP contribution in [0, 0.1) is 5.92 Å². The fourth-order valence-electron chi connectivity index (χ4n) is 2.83. The van der Waals surface area contributed by atoms with E-state index >= 15 is 0 Å². The van der Waals surface area contributed by atoms with Crippen molar-refractivity contribution in [1.82, 2.24) is 0 Å². The minimum absolute atomic E-state index is 0. The predicted octanol–water partition coefficient (Wildman–Crippen LogP) is -0.334. The van der Waals surface area contributed by atoms with E-state index in [2.05, 4.69) is 13.8 Å². The number of rotatable bonds is 7. The Labute approximate surface area is 108 Å². The van der Waals surface area contributed by atoms with Crippen molar-refractivity contribution < 1.29 is 17.3 Å². The van der Waals surface area contributed by atoms with Crippen LogP contribution in [0.2, 0.25) is 0 Å². The van der Waals surface area contributed by atoms with E-state index < -0.39 is 0 Å². The summed E-state index contributed by atoms with van der Waals surface area (Å²) in [6.45, 7) is 8.97. The first kappa shape index (κ1) is 16.2. The number of unbranched alkanes of at least 4 members (excludes halogenated alkanes) is 3. The third-order valence-electron chi connectivity index (χ3n) is 3.89. The summed E-state index contributed by atoms with van der Waals surface area (Å²) in [4.78, 5) is 1.89. The van der Waals surface area contributed by atoms with Gasteiger partial charge in [-0.05, 0) is 31.6 Å². The zero-order valence-corrected chi connectivity index (χ0v) is 12.0. The highest BCUT2D eigenvalue weighted by atomic mass is 35.5. The molecule has 2 heteroatoms. The van der Waals surface area contributed by atoms with Gasteiger partial charge in [0.15, 0.2) is 0 Å². The third kappa shape index (κ3) is 6.75. The Morgan fingerprint density at radius 1 is 0.938 bits per heavy atom. The molecule has 0 aromatic heterocycles. The molecule has 1 N–H and O–H groups in total. The molecule has 0 unspecified atom stereocenters. The van der Waals surface area contributed by atoms with E-state index in [0.29, 0.717) is 0 Å². The molecule has 0 aromatic rings. The topological polar surface area (TPSA) is 4.44 Å². The monoisotopic (exact) mass is 247 g/mol. The van der Waals surface area contributed by atoms with Crippen LogP contribution in [0.25, 0.3) is 0 Å². The van der Waals surface area contributed by atoms with Crippen LogP contribution >= 0.6 is 0 Å². The van der Waals surface area contributed by atoms with Gasteiger partial charge in [-0.3, -0.25) is 0 Å². The number of halogens is 1. The van der Waals surface area contributed by atoms with Crippen molar-refractivity contribution in [2.75, 3.05) is 19.6 Å². The number of hydrogen-bond acceptors (Lipinski definition) is 0. The Balaban J connectivity index is 0.00000225. The van der Waals surface area contributed by atoms with E-state index in [0.717, 1.165) is 5.92 Å². The van der Waals surface area contributed by atoms with Crippen molar-refractivity contribution in [2.24, 2.45) is 5.92 Å². The van der Waals surface area contributed by atoms with Crippen molar-refractivity contribution in [1.29, 1.82) is 0 Å². The number of nitrogens with one attached hydrogen (secondary N) is 1. The van der Waals surface area contributed by atoms with Crippen LogP contribution in [0.1, 0.15) is 65.2 Å². The van der Waals surface area contributed by atoms with Gasteiger partial charge >= 0.3 is 0 Å². The summed E-state index contributed by atoms with van der Waals surface area (Å²) >= 11 is 0. The fourth-order valence-corrected chi connectivity index (χ4v) is 2.83. The Morgan fingerprint density at radius 2 is 1.62 bits per heavy atom. The SMILES string of the molecule is CCCCCC[NH+]1CCC(CCC)CC1.[Cl-]. The average Bonchev–Trinajstić information content (AvgIpc) is 2.27. The van der Waals surface area contributed by atoms with E-state index in [-0.39, 0.29) is 12.4 Å². The zero-order valence-electron chi connectivity index (χ0n) is 11.2. The molecule has 0 aromatic carbocycles. The molecule has 1 fully saturated rings. The molecular formula is C14H30ClN. The Morgan fingerprint density at radius 3 is 2.19 bits per heavy atom. The lowest BCUT2D eigenvalue weighted by Gasteiger charge is -2.29. The van der Waals surface area contributed by atoms with Crippen molar-refractivity contribution in [3.05, 3.63) is 0 Å². The second kappa shape index (κ2) is 10.4. The summed E-state index contributed by atoms with van der Waals surface area (Å²) in [5.74, 6) is 1.06. The molecule has 1 aliphatic heterocycles. The molecular weight excluding hydrogens is 218 g/mol. The second-order valence-corrected chi connectivity index (χ2v) is 5.29. The molecule has 0 radical (unpaired) electrons. The average molecular weight is 248 g/mol. The van der Waals surface area contributed by atoms with Crippen molar-refractivity contribution in [2.45, 2.75) is 65.2 Å². The number of piperidine rings is 1. The maximum absolute atomic E-state index is 2.32. The standard InChI is InChI=1S/C14H29N.ClH/c1-3-5-6-7-11-15-12-9-14(8-4-2)10-13-15;/h14H,3-13H2,1-2H3;1H. The minimum atomic E-state index is 0. The molecule has 16 heavy (non-hydrogen) atoms. The molecule has 0 atom stereocenters. The van der Waals surface area contributed by atoms with Gasteiger partial charge in [0.05, 0.1) is 19.6 Å². The normalized spacial score (nSPS) is 25.1. The lowest BCUT2D eigenvalue weighted by Crippen LogP contribution is -3.13. The van der Waals surface area contributed by atoms with Gasteiger partial charge in [0.25, 0.3) is 0 Å². The highest BCUT2D eigenvalue weighted by molar-refractivity contribution is 4.61. The summed E-state index contributed by atoms with van der Waals surface area (Å²) in [7, 11) is 0. The zero-order chi connectivity index (χ0) is 10.9. The van der Waals surface area contributed by atoms with Gasteiger partial charge in [-0.2, -0.15) is 0 Å². The van der Waals surface area contributed by atoms with Crippen LogP contribution in [-0.2, 0) is 0 Å². The fraction of sp³-hybridized carbons (Fsp3) is 1.00. The molecule has 1 heterocycles. The van der Waals surface area contributed by atoms with Crippen LogP contribution < -0.4 is 17.3 Å². The lowest BCUT2D eigenvalue weighted by atomic mass is 9.92. The number of hydrogen-bond donors (Lipinski definition) is 1. The maximum atomic E-state index is 2.32. The smallest absolute Gasteiger partial charge is 0.0773 e. The van der Waals surface area contributed by atoms with Crippen LogP contribution in [0.5, 0.6) is 0 Å². The Hall–Kier alpha value is 0.250. The molecule has 1 saturated heterocycles. The van der Waals surface area contributed by atoms with E-state index in [9.17, 15) is 0 Å². The summed E-state index contributed by atoms with van der Waals surface area (Å²) in [6.07, 6.45) is 11.6. The van der Waals surface area contributed by atoms with Crippen LogP contribution in [-0.4, -0.2) is 19.6 Å². The lowest BCUT2D eigenvalue weighted by molar-refractivity contribution is -0.906. The van der Waals surface area contributed by atoms with Crippen LogP contribution in [0.15, 0.2) is 0 Å². The van der Waals surface area contributed by atoms with Crippen molar-refractivity contribution >= 4 is 0 Å². The summed E-state index contributed by atoms with van der Waals surface area (Å²) in [5, 5.41) is 0. The predicted molar refractivity (Wildman–Crippen MR) is 67.3 cm³/mol. The van der Waals surface area contributed by atoms with E-state index in [1.165, 1.54) is 71.0 Å². The van der Waals surface area contributed by atoms with Crippen LogP contribution in [0.4, 0.5) is 0 Å². The summed E-state index contributed by atoms with van der Waals surface area (Å²) in [6, 6.07) is 0. The number of quaternary nitrogens is 1. The van der Waals surface area contributed by atoms with Gasteiger partial charge in [0.2, 0.25) is 0 Å². The quantitative estimate of drug-likeness (QED) is 0.588. The molecule has 1 nitrogen and oxygen atoms in total. The first-order valence-electron chi connectivity index (χ1n) is 7.20. The van der Waals surface area contributed by atoms with Crippen molar-refractivity contribution in [3.63, 3.8) is 0 Å². The first-order chi connectivity index (χ1) is 7.36. The third-order valence-corrected chi connectivity index (χ3v) is 3.89. The second-order valence-electron chi connectivity index (χ2n) is 5.29. The Kier molecular flexibility index (Phi) is 10.6. The molecule has 0 bridgehead atoms. The maximum Gasteiger partial charge on any atom is 0.0773 e. The minimum Gasteiger partial charge on any atom is -1.00 e.